The maximum Gasteiger partial charge on any atom is 0.305 e. The molecule has 0 aliphatic rings. The van der Waals surface area contributed by atoms with Crippen molar-refractivity contribution in [2.75, 3.05) is 0 Å². The van der Waals surface area contributed by atoms with Crippen LogP contribution in [0.2, 0.25) is 5.15 Å². The first-order valence-corrected chi connectivity index (χ1v) is 10.4. The number of amides is 1. The zero-order valence-electron chi connectivity index (χ0n) is 18.0. The van der Waals surface area contributed by atoms with E-state index in [0.717, 1.165) is 11.3 Å². The number of hydrogen-bond donors (Lipinski definition) is 2. The molecule has 31 heavy (non-hydrogen) atoms. The van der Waals surface area contributed by atoms with Gasteiger partial charge in [-0.05, 0) is 35.6 Å². The molecular weight excluding hydrogens is 414 g/mol. The lowest BCUT2D eigenvalue weighted by atomic mass is 9.86. The number of halogens is 1. The predicted octanol–water partition coefficient (Wildman–Crippen LogP) is 5.08. The molecule has 0 bridgehead atoms. The Morgan fingerprint density at radius 3 is 2.26 bits per heavy atom. The standard InChI is InChI=1S/C24H26ClN3O3/c1-15-21(22(25)28(27-15)18-8-6-5-7-9-18)23(31)26-19(14-20(29)30)16-10-12-17(13-11-16)24(2,3)4/h5-13,19H,14H2,1-4H3,(H,26,31)(H,29,30). The van der Waals surface area contributed by atoms with Crippen molar-refractivity contribution in [3.63, 3.8) is 0 Å². The molecule has 7 heteroatoms. The molecule has 2 aromatic carbocycles. The number of carbonyl (C=O) groups is 2. The van der Waals surface area contributed by atoms with Crippen LogP contribution in [0.1, 0.15) is 60.4 Å². The van der Waals surface area contributed by atoms with Crippen LogP contribution in [0.15, 0.2) is 54.6 Å². The molecule has 0 radical (unpaired) electrons. The topological polar surface area (TPSA) is 84.2 Å². The molecule has 1 atom stereocenters. The van der Waals surface area contributed by atoms with Gasteiger partial charge in [-0.25, -0.2) is 4.68 Å². The fraction of sp³-hybridized carbons (Fsp3) is 0.292. The van der Waals surface area contributed by atoms with Crippen LogP contribution in [0.25, 0.3) is 5.69 Å². The minimum Gasteiger partial charge on any atom is -0.481 e. The van der Waals surface area contributed by atoms with E-state index in [4.69, 9.17) is 11.6 Å². The number of hydrogen-bond acceptors (Lipinski definition) is 3. The van der Waals surface area contributed by atoms with Crippen LogP contribution < -0.4 is 5.32 Å². The van der Waals surface area contributed by atoms with Gasteiger partial charge in [-0.2, -0.15) is 5.10 Å². The Kier molecular flexibility index (Phi) is 6.51. The molecule has 1 unspecified atom stereocenters. The third-order valence-corrected chi connectivity index (χ3v) is 5.44. The molecule has 0 saturated carbocycles. The van der Waals surface area contributed by atoms with E-state index in [2.05, 4.69) is 31.2 Å². The van der Waals surface area contributed by atoms with Crippen molar-refractivity contribution >= 4 is 23.5 Å². The summed E-state index contributed by atoms with van der Waals surface area (Å²) in [4.78, 5) is 24.5. The van der Waals surface area contributed by atoms with E-state index in [1.807, 2.05) is 54.6 Å². The van der Waals surface area contributed by atoms with Crippen LogP contribution in [0.5, 0.6) is 0 Å². The van der Waals surface area contributed by atoms with Gasteiger partial charge in [0.05, 0.1) is 29.4 Å². The van der Waals surface area contributed by atoms with Crippen LogP contribution in [0, 0.1) is 6.92 Å². The summed E-state index contributed by atoms with van der Waals surface area (Å²) < 4.78 is 1.50. The zero-order chi connectivity index (χ0) is 22.8. The van der Waals surface area contributed by atoms with E-state index >= 15 is 0 Å². The number of carboxylic acids is 1. The minimum atomic E-state index is -1.01. The van der Waals surface area contributed by atoms with Gasteiger partial charge in [-0.15, -0.1) is 0 Å². The highest BCUT2D eigenvalue weighted by molar-refractivity contribution is 6.33. The monoisotopic (exact) mass is 439 g/mol. The van der Waals surface area contributed by atoms with Gasteiger partial charge >= 0.3 is 5.97 Å². The molecule has 6 nitrogen and oxygen atoms in total. The van der Waals surface area contributed by atoms with Gasteiger partial charge in [0.2, 0.25) is 0 Å². The predicted molar refractivity (Wildman–Crippen MR) is 121 cm³/mol. The van der Waals surface area contributed by atoms with Crippen molar-refractivity contribution in [2.24, 2.45) is 0 Å². The molecule has 0 aliphatic carbocycles. The van der Waals surface area contributed by atoms with Gasteiger partial charge in [0.25, 0.3) is 5.91 Å². The number of aromatic nitrogens is 2. The smallest absolute Gasteiger partial charge is 0.305 e. The average molecular weight is 440 g/mol. The Hall–Kier alpha value is -3.12. The maximum absolute atomic E-state index is 13.1. The van der Waals surface area contributed by atoms with E-state index in [0.29, 0.717) is 11.3 Å². The summed E-state index contributed by atoms with van der Waals surface area (Å²) in [5, 5.41) is 16.8. The summed E-state index contributed by atoms with van der Waals surface area (Å²) in [7, 11) is 0. The summed E-state index contributed by atoms with van der Waals surface area (Å²) >= 11 is 6.49. The van der Waals surface area contributed by atoms with Crippen LogP contribution in [0.3, 0.4) is 0 Å². The van der Waals surface area contributed by atoms with Gasteiger partial charge in [-0.1, -0.05) is 74.8 Å². The van der Waals surface area contributed by atoms with Gasteiger partial charge in [-0.3, -0.25) is 9.59 Å². The van der Waals surface area contributed by atoms with Crippen molar-refractivity contribution < 1.29 is 14.7 Å². The molecule has 0 spiro atoms. The number of nitrogens with one attached hydrogen (secondary N) is 1. The summed E-state index contributed by atoms with van der Waals surface area (Å²) in [6, 6.07) is 16.2. The highest BCUT2D eigenvalue weighted by atomic mass is 35.5. The molecule has 0 saturated heterocycles. The number of nitrogens with zero attached hydrogens (tertiary/aromatic N) is 2. The first kappa shape index (κ1) is 22.6. The number of aliphatic carboxylic acids is 1. The van der Waals surface area contributed by atoms with Gasteiger partial charge in [0.1, 0.15) is 5.15 Å². The molecule has 3 aromatic rings. The highest BCUT2D eigenvalue weighted by Gasteiger charge is 2.25. The quantitative estimate of drug-likeness (QED) is 0.561. The zero-order valence-corrected chi connectivity index (χ0v) is 18.8. The van der Waals surface area contributed by atoms with E-state index in [-0.39, 0.29) is 22.6 Å². The fourth-order valence-corrected chi connectivity index (χ4v) is 3.73. The van der Waals surface area contributed by atoms with Crippen molar-refractivity contribution in [3.05, 3.63) is 82.1 Å². The van der Waals surface area contributed by atoms with Crippen LogP contribution >= 0.6 is 11.6 Å². The molecule has 2 N–H and O–H groups in total. The molecule has 0 fully saturated rings. The molecule has 1 aromatic heterocycles. The van der Waals surface area contributed by atoms with Gasteiger partial charge in [0.15, 0.2) is 0 Å². The second-order valence-corrected chi connectivity index (χ2v) is 8.85. The van der Waals surface area contributed by atoms with Gasteiger partial charge < -0.3 is 10.4 Å². The number of carbonyl (C=O) groups excluding carboxylic acids is 1. The van der Waals surface area contributed by atoms with E-state index < -0.39 is 17.9 Å². The third kappa shape index (κ3) is 5.14. The molecule has 1 amide bonds. The molecule has 3 rings (SSSR count). The van der Waals surface area contributed by atoms with Crippen molar-refractivity contribution in [1.29, 1.82) is 0 Å². The normalized spacial score (nSPS) is 12.4. The van der Waals surface area contributed by atoms with Crippen molar-refractivity contribution in [3.8, 4) is 5.69 Å². The SMILES string of the molecule is Cc1nn(-c2ccccc2)c(Cl)c1C(=O)NC(CC(=O)O)c1ccc(C(C)(C)C)cc1. The Labute approximate surface area is 186 Å². The lowest BCUT2D eigenvalue weighted by molar-refractivity contribution is -0.137. The van der Waals surface area contributed by atoms with E-state index in [1.165, 1.54) is 4.68 Å². The first-order chi connectivity index (χ1) is 14.6. The highest BCUT2D eigenvalue weighted by Crippen LogP contribution is 2.27. The lowest BCUT2D eigenvalue weighted by Crippen LogP contribution is -2.30. The maximum atomic E-state index is 13.1. The second-order valence-electron chi connectivity index (χ2n) is 8.49. The Balaban J connectivity index is 1.90. The Bertz CT molecular complexity index is 1080. The third-order valence-electron chi connectivity index (χ3n) is 5.10. The van der Waals surface area contributed by atoms with Crippen LogP contribution in [0.4, 0.5) is 0 Å². The summed E-state index contributed by atoms with van der Waals surface area (Å²) in [5.41, 5.74) is 3.23. The number of para-hydroxylation sites is 1. The Morgan fingerprint density at radius 2 is 1.71 bits per heavy atom. The van der Waals surface area contributed by atoms with Crippen LogP contribution in [-0.2, 0) is 10.2 Å². The van der Waals surface area contributed by atoms with Gasteiger partial charge in [0, 0.05) is 0 Å². The number of aryl methyl sites for hydroxylation is 1. The summed E-state index contributed by atoms with van der Waals surface area (Å²) in [6.45, 7) is 8.01. The minimum absolute atomic E-state index is 0.0271. The largest absolute Gasteiger partial charge is 0.481 e. The molecular formula is C24H26ClN3O3. The fourth-order valence-electron chi connectivity index (χ4n) is 3.37. The number of rotatable bonds is 6. The van der Waals surface area contributed by atoms with E-state index in [1.54, 1.807) is 6.92 Å². The molecule has 1 heterocycles. The first-order valence-electron chi connectivity index (χ1n) is 10.0. The lowest BCUT2D eigenvalue weighted by Gasteiger charge is -2.22. The second kappa shape index (κ2) is 8.94. The van der Waals surface area contributed by atoms with Crippen molar-refractivity contribution in [1.82, 2.24) is 15.1 Å². The number of carboxylic acid groups (broad SMARTS) is 1. The van der Waals surface area contributed by atoms with E-state index in [9.17, 15) is 14.7 Å². The summed E-state index contributed by atoms with van der Waals surface area (Å²) in [5.74, 6) is -1.47. The van der Waals surface area contributed by atoms with Crippen molar-refractivity contribution in [2.45, 2.75) is 45.6 Å². The molecule has 162 valence electrons. The summed E-state index contributed by atoms with van der Waals surface area (Å²) in [6.07, 6.45) is -0.246. The number of benzene rings is 2. The Morgan fingerprint density at radius 1 is 1.10 bits per heavy atom. The average Bonchev–Trinajstić information content (AvgIpc) is 3.01. The van der Waals surface area contributed by atoms with Crippen LogP contribution in [-0.4, -0.2) is 26.8 Å². The molecule has 0 aliphatic heterocycles.